The van der Waals surface area contributed by atoms with E-state index in [1.54, 1.807) is 0 Å². The van der Waals surface area contributed by atoms with Crippen LogP contribution >= 0.6 is 0 Å². The van der Waals surface area contributed by atoms with E-state index in [0.29, 0.717) is 11.8 Å². The third kappa shape index (κ3) is 4.10. The smallest absolute Gasteiger partial charge is 0.232 e. The molecule has 3 aromatic rings. The predicted octanol–water partition coefficient (Wildman–Crippen LogP) is 5.35. The minimum Gasteiger partial charge on any atom is -0.308 e. The van der Waals surface area contributed by atoms with Gasteiger partial charge in [-0.15, -0.1) is 5.11 Å². The Morgan fingerprint density at radius 3 is 1.73 bits per heavy atom. The van der Waals surface area contributed by atoms with Crippen LogP contribution in [0.1, 0.15) is 27.7 Å². The summed E-state index contributed by atoms with van der Waals surface area (Å²) in [4.78, 5) is 0. The van der Waals surface area contributed by atoms with Gasteiger partial charge in [-0.3, -0.25) is 0 Å². The van der Waals surface area contributed by atoms with Gasteiger partial charge >= 0.3 is 0 Å². The van der Waals surface area contributed by atoms with Gasteiger partial charge in [0.1, 0.15) is 0 Å². The number of aromatic nitrogens is 2. The summed E-state index contributed by atoms with van der Waals surface area (Å²) in [5.74, 6) is 1.02. The fraction of sp³-hybridized carbons (Fsp3) is 0.381. The van der Waals surface area contributed by atoms with Gasteiger partial charge in [0.05, 0.1) is 16.7 Å². The van der Waals surface area contributed by atoms with Gasteiger partial charge in [-0.05, 0) is 41.3 Å². The standard InChI is InChI=1S/C21H27N5/c1-16(2)14-25-19-12-8-9-13-20(19)26(15-17(3)4)21(25)23-24-22-18-10-6-5-7-11-18/h5-13,16-17H,14-15H2,1-4H3. The van der Waals surface area contributed by atoms with E-state index in [1.165, 1.54) is 11.0 Å². The van der Waals surface area contributed by atoms with Crippen LogP contribution in [-0.4, -0.2) is 9.13 Å². The summed E-state index contributed by atoms with van der Waals surface area (Å²) in [6, 6.07) is 18.2. The van der Waals surface area contributed by atoms with Crippen LogP contribution in [0.5, 0.6) is 0 Å². The molecule has 0 fully saturated rings. The lowest BCUT2D eigenvalue weighted by Gasteiger charge is -2.09. The van der Waals surface area contributed by atoms with Gasteiger partial charge in [-0.25, -0.2) is 0 Å². The third-order valence-corrected chi connectivity index (χ3v) is 4.09. The molecule has 0 radical (unpaired) electrons. The summed E-state index contributed by atoms with van der Waals surface area (Å²) < 4.78 is 4.51. The van der Waals surface area contributed by atoms with Crippen LogP contribution in [0.25, 0.3) is 11.0 Å². The summed E-state index contributed by atoms with van der Waals surface area (Å²) in [5.41, 5.74) is 4.04. The minimum atomic E-state index is 0.512. The molecule has 0 aliphatic rings. The first kappa shape index (κ1) is 18.1. The highest BCUT2D eigenvalue weighted by Gasteiger charge is 2.13. The second kappa shape index (κ2) is 8.13. The molecular weight excluding hydrogens is 322 g/mol. The highest BCUT2D eigenvalue weighted by atomic mass is 15.4. The van der Waals surface area contributed by atoms with Crippen molar-refractivity contribution in [3.8, 4) is 0 Å². The molecule has 2 aromatic carbocycles. The first-order valence-corrected chi connectivity index (χ1v) is 9.24. The minimum absolute atomic E-state index is 0.512. The SMILES string of the molecule is CC(C)Cn1c(=NN=Nc2ccccc2)n(CC(C)C)c2ccccc21. The first-order chi connectivity index (χ1) is 12.6. The van der Waals surface area contributed by atoms with Gasteiger partial charge in [0.2, 0.25) is 5.62 Å². The van der Waals surface area contributed by atoms with Crippen molar-refractivity contribution in [3.63, 3.8) is 0 Å². The van der Waals surface area contributed by atoms with Crippen molar-refractivity contribution < 1.29 is 0 Å². The van der Waals surface area contributed by atoms with Gasteiger partial charge in [0, 0.05) is 13.1 Å². The Bertz CT molecular complexity index is 895. The van der Waals surface area contributed by atoms with Crippen LogP contribution < -0.4 is 5.62 Å². The Morgan fingerprint density at radius 2 is 1.23 bits per heavy atom. The molecular formula is C21H27N5. The van der Waals surface area contributed by atoms with E-state index in [9.17, 15) is 0 Å². The second-order valence-corrected chi connectivity index (χ2v) is 7.42. The molecule has 1 heterocycles. The summed E-state index contributed by atoms with van der Waals surface area (Å²) in [6.07, 6.45) is 0. The fourth-order valence-electron chi connectivity index (χ4n) is 3.09. The molecule has 5 heteroatoms. The van der Waals surface area contributed by atoms with Crippen molar-refractivity contribution in [1.29, 1.82) is 0 Å². The Balaban J connectivity index is 2.16. The number of benzene rings is 2. The first-order valence-electron chi connectivity index (χ1n) is 9.24. The highest BCUT2D eigenvalue weighted by Crippen LogP contribution is 2.16. The number of imidazole rings is 1. The Kier molecular flexibility index (Phi) is 5.66. The van der Waals surface area contributed by atoms with Crippen molar-refractivity contribution >= 4 is 16.7 Å². The molecule has 0 saturated heterocycles. The molecule has 0 unspecified atom stereocenters. The summed E-state index contributed by atoms with van der Waals surface area (Å²) in [6.45, 7) is 10.7. The van der Waals surface area contributed by atoms with E-state index in [1.807, 2.05) is 30.3 Å². The molecule has 26 heavy (non-hydrogen) atoms. The molecule has 0 spiro atoms. The lowest BCUT2D eigenvalue weighted by Crippen LogP contribution is -2.28. The molecule has 5 nitrogen and oxygen atoms in total. The number of rotatable bonds is 6. The number of para-hydroxylation sites is 2. The normalized spacial score (nSPS) is 11.9. The van der Waals surface area contributed by atoms with Crippen molar-refractivity contribution in [2.24, 2.45) is 27.3 Å². The largest absolute Gasteiger partial charge is 0.308 e. The van der Waals surface area contributed by atoms with E-state index >= 15 is 0 Å². The maximum atomic E-state index is 4.53. The fourth-order valence-corrected chi connectivity index (χ4v) is 3.09. The molecule has 136 valence electrons. The van der Waals surface area contributed by atoms with E-state index in [0.717, 1.165) is 24.4 Å². The quantitative estimate of drug-likeness (QED) is 0.425. The van der Waals surface area contributed by atoms with Gasteiger partial charge in [-0.1, -0.05) is 63.1 Å². The number of hydrogen-bond acceptors (Lipinski definition) is 2. The van der Waals surface area contributed by atoms with Crippen LogP contribution in [0.4, 0.5) is 5.69 Å². The van der Waals surface area contributed by atoms with Crippen molar-refractivity contribution in [2.75, 3.05) is 0 Å². The van der Waals surface area contributed by atoms with Crippen LogP contribution in [0, 0.1) is 11.8 Å². The topological polar surface area (TPSA) is 46.9 Å². The molecule has 0 N–H and O–H groups in total. The van der Waals surface area contributed by atoms with Crippen molar-refractivity contribution in [1.82, 2.24) is 9.13 Å². The highest BCUT2D eigenvalue weighted by molar-refractivity contribution is 5.75. The molecule has 1 aromatic heterocycles. The molecule has 0 amide bonds. The monoisotopic (exact) mass is 349 g/mol. The lowest BCUT2D eigenvalue weighted by molar-refractivity contribution is 0.471. The molecule has 0 atom stereocenters. The zero-order valence-electron chi connectivity index (χ0n) is 16.0. The molecule has 0 bridgehead atoms. The van der Waals surface area contributed by atoms with E-state index in [-0.39, 0.29) is 0 Å². The second-order valence-electron chi connectivity index (χ2n) is 7.42. The molecule has 0 saturated carbocycles. The average molecular weight is 349 g/mol. The number of hydrogen-bond donors (Lipinski definition) is 0. The third-order valence-electron chi connectivity index (χ3n) is 4.09. The van der Waals surface area contributed by atoms with Crippen molar-refractivity contribution in [2.45, 2.75) is 40.8 Å². The lowest BCUT2D eigenvalue weighted by atomic mass is 10.2. The average Bonchev–Trinajstić information content (AvgIpc) is 2.89. The Morgan fingerprint density at radius 1 is 0.731 bits per heavy atom. The van der Waals surface area contributed by atoms with Crippen LogP contribution in [0.3, 0.4) is 0 Å². The summed E-state index contributed by atoms with van der Waals surface area (Å²) >= 11 is 0. The zero-order valence-corrected chi connectivity index (χ0v) is 16.0. The molecule has 0 aliphatic carbocycles. The zero-order chi connectivity index (χ0) is 18.5. The van der Waals surface area contributed by atoms with Crippen LogP contribution in [0.2, 0.25) is 0 Å². The maximum Gasteiger partial charge on any atom is 0.232 e. The number of nitrogens with zero attached hydrogens (tertiary/aromatic N) is 5. The van der Waals surface area contributed by atoms with Gasteiger partial charge in [-0.2, -0.15) is 0 Å². The molecule has 3 rings (SSSR count). The van der Waals surface area contributed by atoms with E-state index in [2.05, 4.69) is 76.5 Å². The van der Waals surface area contributed by atoms with E-state index < -0.39 is 0 Å². The predicted molar refractivity (Wildman–Crippen MR) is 106 cm³/mol. The Hall–Kier alpha value is -2.69. The van der Waals surface area contributed by atoms with Gasteiger partial charge < -0.3 is 9.13 Å². The van der Waals surface area contributed by atoms with Gasteiger partial charge in [0.15, 0.2) is 0 Å². The van der Waals surface area contributed by atoms with E-state index in [4.69, 9.17) is 0 Å². The Labute approximate surface area is 154 Å². The number of fused-ring (bicyclic) bond motifs is 1. The van der Waals surface area contributed by atoms with Gasteiger partial charge in [0.25, 0.3) is 0 Å². The van der Waals surface area contributed by atoms with Crippen molar-refractivity contribution in [3.05, 3.63) is 60.2 Å². The summed E-state index contributed by atoms with van der Waals surface area (Å²) in [5, 5.41) is 12.9. The van der Waals surface area contributed by atoms with Crippen LogP contribution in [-0.2, 0) is 13.1 Å². The van der Waals surface area contributed by atoms with Crippen LogP contribution in [0.15, 0.2) is 70.0 Å². The molecule has 0 aliphatic heterocycles. The maximum absolute atomic E-state index is 4.53. The summed E-state index contributed by atoms with van der Waals surface area (Å²) in [7, 11) is 0.